The third-order valence-corrected chi connectivity index (χ3v) is 3.69. The van der Waals surface area contributed by atoms with Crippen LogP contribution in [0, 0.1) is 5.92 Å². The molecule has 1 aliphatic rings. The summed E-state index contributed by atoms with van der Waals surface area (Å²) in [7, 11) is 1.59. The zero-order valence-corrected chi connectivity index (χ0v) is 12.7. The third kappa shape index (κ3) is 3.71. The molecule has 0 radical (unpaired) electrons. The summed E-state index contributed by atoms with van der Waals surface area (Å²) in [5, 5.41) is 3.20. The molecule has 1 fully saturated rings. The van der Waals surface area contributed by atoms with Gasteiger partial charge in [0.15, 0.2) is 0 Å². The number of hydrogen-bond acceptors (Lipinski definition) is 6. The lowest BCUT2D eigenvalue weighted by Crippen LogP contribution is -2.34. The predicted octanol–water partition coefficient (Wildman–Crippen LogP) is 2.33. The third-order valence-electron chi connectivity index (χ3n) is 3.69. The highest BCUT2D eigenvalue weighted by Gasteiger charge is 2.22. The van der Waals surface area contributed by atoms with Crippen molar-refractivity contribution in [2.24, 2.45) is 5.92 Å². The fraction of sp³-hybridized carbons (Fsp3) is 0.786. The second-order valence-corrected chi connectivity index (χ2v) is 5.21. The zero-order valence-electron chi connectivity index (χ0n) is 12.7. The van der Waals surface area contributed by atoms with E-state index in [0.29, 0.717) is 17.9 Å². The molecule has 0 unspecified atom stereocenters. The molecule has 0 aromatic carbocycles. The van der Waals surface area contributed by atoms with Gasteiger partial charge in [-0.15, -0.1) is 0 Å². The summed E-state index contributed by atoms with van der Waals surface area (Å²) in [5.41, 5.74) is 0. The molecule has 1 saturated carbocycles. The largest absolute Gasteiger partial charge is 0.467 e. The average Bonchev–Trinajstić information content (AvgIpc) is 2.43. The molecule has 0 saturated heterocycles. The van der Waals surface area contributed by atoms with Crippen molar-refractivity contribution in [3.63, 3.8) is 0 Å². The topological polar surface area (TPSA) is 63.2 Å². The summed E-state index contributed by atoms with van der Waals surface area (Å²) in [6.45, 7) is 7.02. The minimum atomic E-state index is 0.376. The smallest absolute Gasteiger partial charge is 0.322 e. The van der Waals surface area contributed by atoms with Gasteiger partial charge in [0.1, 0.15) is 0 Å². The molecule has 1 N–H and O–H groups in total. The van der Waals surface area contributed by atoms with Crippen molar-refractivity contribution >= 4 is 11.9 Å². The van der Waals surface area contributed by atoms with E-state index in [2.05, 4.69) is 39.0 Å². The van der Waals surface area contributed by atoms with Crippen LogP contribution in [-0.4, -0.2) is 41.7 Å². The Morgan fingerprint density at radius 1 is 1.25 bits per heavy atom. The molecule has 1 aliphatic carbocycles. The molecule has 1 aromatic heterocycles. The molecule has 0 bridgehead atoms. The van der Waals surface area contributed by atoms with Crippen LogP contribution in [0.15, 0.2) is 0 Å². The second kappa shape index (κ2) is 7.26. The lowest BCUT2D eigenvalue weighted by molar-refractivity contribution is 0.316. The van der Waals surface area contributed by atoms with E-state index in [4.69, 9.17) is 4.74 Å². The van der Waals surface area contributed by atoms with Gasteiger partial charge in [-0.1, -0.05) is 13.3 Å². The first-order valence-corrected chi connectivity index (χ1v) is 7.55. The van der Waals surface area contributed by atoms with Gasteiger partial charge in [0.2, 0.25) is 11.9 Å². The highest BCUT2D eigenvalue weighted by Crippen LogP contribution is 2.28. The maximum absolute atomic E-state index is 5.19. The maximum atomic E-state index is 5.19. The van der Waals surface area contributed by atoms with E-state index in [-0.39, 0.29) is 0 Å². The molecule has 2 rings (SSSR count). The molecule has 20 heavy (non-hydrogen) atoms. The number of hydrogen-bond donors (Lipinski definition) is 1. The molecule has 0 aliphatic heterocycles. The Hall–Kier alpha value is -1.59. The van der Waals surface area contributed by atoms with Crippen molar-refractivity contribution < 1.29 is 4.74 Å². The van der Waals surface area contributed by atoms with Gasteiger partial charge in [-0.3, -0.25) is 0 Å². The molecule has 0 atom stereocenters. The number of methoxy groups -OCH3 is 1. The van der Waals surface area contributed by atoms with Crippen LogP contribution < -0.4 is 15.0 Å². The second-order valence-electron chi connectivity index (χ2n) is 5.21. The summed E-state index contributed by atoms with van der Waals surface area (Å²) < 4.78 is 5.19. The Kier molecular flexibility index (Phi) is 5.38. The lowest BCUT2D eigenvalue weighted by atomic mass is 9.85. The normalized spacial score (nSPS) is 14.8. The van der Waals surface area contributed by atoms with E-state index in [9.17, 15) is 0 Å². The average molecular weight is 279 g/mol. The highest BCUT2D eigenvalue weighted by atomic mass is 16.5. The monoisotopic (exact) mass is 279 g/mol. The van der Waals surface area contributed by atoms with Gasteiger partial charge in [-0.25, -0.2) is 0 Å². The van der Waals surface area contributed by atoms with Gasteiger partial charge in [-0.2, -0.15) is 15.0 Å². The van der Waals surface area contributed by atoms with Crippen LogP contribution in [0.1, 0.15) is 39.5 Å². The molecule has 112 valence electrons. The zero-order chi connectivity index (χ0) is 14.4. The van der Waals surface area contributed by atoms with Gasteiger partial charge in [0, 0.05) is 19.6 Å². The lowest BCUT2D eigenvalue weighted by Gasteiger charge is -2.31. The van der Waals surface area contributed by atoms with E-state index in [1.165, 1.54) is 19.3 Å². The first-order valence-electron chi connectivity index (χ1n) is 7.55. The number of aromatic nitrogens is 3. The van der Waals surface area contributed by atoms with E-state index in [0.717, 1.165) is 32.0 Å². The van der Waals surface area contributed by atoms with E-state index < -0.39 is 0 Å². The Balaban J connectivity index is 2.13. The van der Waals surface area contributed by atoms with Crippen LogP contribution in [0.2, 0.25) is 0 Å². The first-order chi connectivity index (χ1) is 9.76. The van der Waals surface area contributed by atoms with Crippen LogP contribution in [0.5, 0.6) is 6.01 Å². The van der Waals surface area contributed by atoms with Crippen LogP contribution in [0.4, 0.5) is 11.9 Å². The van der Waals surface area contributed by atoms with Crippen LogP contribution in [0.3, 0.4) is 0 Å². The highest BCUT2D eigenvalue weighted by molar-refractivity contribution is 5.38. The van der Waals surface area contributed by atoms with E-state index in [1.807, 2.05) is 0 Å². The molecule has 1 heterocycles. The summed E-state index contributed by atoms with van der Waals surface area (Å²) in [5.74, 6) is 2.09. The first kappa shape index (κ1) is 14.8. The molecule has 6 nitrogen and oxygen atoms in total. The van der Waals surface area contributed by atoms with Crippen molar-refractivity contribution in [1.29, 1.82) is 0 Å². The van der Waals surface area contributed by atoms with Crippen LogP contribution >= 0.6 is 0 Å². The van der Waals surface area contributed by atoms with Crippen molar-refractivity contribution in [3.8, 4) is 6.01 Å². The Morgan fingerprint density at radius 3 is 2.60 bits per heavy atom. The minimum absolute atomic E-state index is 0.376. The Morgan fingerprint density at radius 2 is 2.05 bits per heavy atom. The number of ether oxygens (including phenoxy) is 1. The number of anilines is 2. The van der Waals surface area contributed by atoms with Crippen molar-refractivity contribution in [2.45, 2.75) is 39.5 Å². The van der Waals surface area contributed by atoms with Crippen molar-refractivity contribution in [1.82, 2.24) is 15.0 Å². The molecule has 0 spiro atoms. The molecular weight excluding hydrogens is 254 g/mol. The molecule has 0 amide bonds. The number of rotatable bonds is 8. The van der Waals surface area contributed by atoms with Gasteiger partial charge in [0.25, 0.3) is 0 Å². The fourth-order valence-electron chi connectivity index (χ4n) is 2.23. The predicted molar refractivity (Wildman–Crippen MR) is 80.4 cm³/mol. The summed E-state index contributed by atoms with van der Waals surface area (Å²) in [4.78, 5) is 15.3. The summed E-state index contributed by atoms with van der Waals surface area (Å²) in [6.07, 6.45) is 5.02. The van der Waals surface area contributed by atoms with Gasteiger partial charge < -0.3 is 15.0 Å². The summed E-state index contributed by atoms with van der Waals surface area (Å²) in [6, 6.07) is 0.376. The minimum Gasteiger partial charge on any atom is -0.467 e. The molecule has 1 aromatic rings. The van der Waals surface area contributed by atoms with Crippen LogP contribution in [0.25, 0.3) is 0 Å². The van der Waals surface area contributed by atoms with E-state index >= 15 is 0 Å². The fourth-order valence-corrected chi connectivity index (χ4v) is 2.23. The van der Waals surface area contributed by atoms with Crippen LogP contribution in [-0.2, 0) is 0 Å². The maximum Gasteiger partial charge on any atom is 0.322 e. The molecular formula is C14H25N5O. The number of nitrogens with one attached hydrogen (secondary N) is 1. The van der Waals surface area contributed by atoms with Gasteiger partial charge in [0.05, 0.1) is 7.11 Å². The SMILES string of the molecule is CCCNc1nc(OC)nc(N(CC)CC2CCC2)n1. The van der Waals surface area contributed by atoms with E-state index in [1.54, 1.807) is 7.11 Å². The number of nitrogens with zero attached hydrogens (tertiary/aromatic N) is 4. The van der Waals surface area contributed by atoms with Gasteiger partial charge in [-0.05, 0) is 32.1 Å². The summed E-state index contributed by atoms with van der Waals surface area (Å²) >= 11 is 0. The van der Waals surface area contributed by atoms with Gasteiger partial charge >= 0.3 is 6.01 Å². The van der Waals surface area contributed by atoms with Crippen molar-refractivity contribution in [2.75, 3.05) is 37.0 Å². The standard InChI is InChI=1S/C14H25N5O/c1-4-9-15-12-16-13(18-14(17-12)20-3)19(5-2)10-11-7-6-8-11/h11H,4-10H2,1-3H3,(H,15,16,17,18). The Labute approximate surface area is 121 Å². The Bertz CT molecular complexity index is 422. The quantitative estimate of drug-likeness (QED) is 0.788. The van der Waals surface area contributed by atoms with Crippen molar-refractivity contribution in [3.05, 3.63) is 0 Å². The molecule has 6 heteroatoms.